The molecule has 3 atom stereocenters. The van der Waals surface area contributed by atoms with Crippen molar-refractivity contribution in [1.29, 1.82) is 0 Å². The molecule has 0 bridgehead atoms. The lowest BCUT2D eigenvalue weighted by Gasteiger charge is -2.30. The van der Waals surface area contributed by atoms with Crippen LogP contribution in [0.3, 0.4) is 0 Å². The van der Waals surface area contributed by atoms with Crippen molar-refractivity contribution in [3.8, 4) is 0 Å². The highest BCUT2D eigenvalue weighted by molar-refractivity contribution is 5.91. The monoisotopic (exact) mass is 368 g/mol. The molecule has 1 fully saturated rings. The fourth-order valence-corrected chi connectivity index (χ4v) is 3.36. The predicted molar refractivity (Wildman–Crippen MR) is 101 cm³/mol. The number of esters is 1. The van der Waals surface area contributed by atoms with Gasteiger partial charge < -0.3 is 15.4 Å². The molecule has 0 aliphatic heterocycles. The molecule has 6 heteroatoms. The second-order valence-corrected chi connectivity index (χ2v) is 8.08. The molecule has 0 radical (unpaired) electrons. The van der Waals surface area contributed by atoms with Crippen LogP contribution in [-0.2, 0) is 19.1 Å². The number of carbonyl (C=O) groups excluding carboxylic acids is 3. The van der Waals surface area contributed by atoms with E-state index in [1.807, 2.05) is 27.7 Å². The summed E-state index contributed by atoms with van der Waals surface area (Å²) >= 11 is 0. The summed E-state index contributed by atoms with van der Waals surface area (Å²) in [6.45, 7) is 9.84. The molecule has 2 N–H and O–H groups in total. The highest BCUT2D eigenvalue weighted by Crippen LogP contribution is 2.28. The summed E-state index contributed by atoms with van der Waals surface area (Å²) in [5, 5.41) is 5.72. The quantitative estimate of drug-likeness (QED) is 0.645. The molecule has 0 aromatic heterocycles. The van der Waals surface area contributed by atoms with E-state index in [4.69, 9.17) is 4.74 Å². The molecule has 1 aliphatic carbocycles. The number of ether oxygens (including phenoxy) is 1. The van der Waals surface area contributed by atoms with Crippen molar-refractivity contribution in [1.82, 2.24) is 10.6 Å². The summed E-state index contributed by atoms with van der Waals surface area (Å²) in [6.07, 6.45) is 4.61. The van der Waals surface area contributed by atoms with Crippen molar-refractivity contribution >= 4 is 17.8 Å². The third kappa shape index (κ3) is 6.29. The summed E-state index contributed by atoms with van der Waals surface area (Å²) in [6, 6.07) is -1.36. The van der Waals surface area contributed by atoms with Crippen molar-refractivity contribution in [2.45, 2.75) is 78.8 Å². The topological polar surface area (TPSA) is 84.5 Å². The van der Waals surface area contributed by atoms with Gasteiger partial charge in [-0.2, -0.15) is 0 Å². The van der Waals surface area contributed by atoms with Crippen LogP contribution in [0.15, 0.2) is 0 Å². The third-order valence-electron chi connectivity index (χ3n) is 5.60. The normalized spacial score (nSPS) is 23.7. The molecule has 0 unspecified atom stereocenters. The van der Waals surface area contributed by atoms with E-state index >= 15 is 0 Å². The minimum atomic E-state index is -0.716. The highest BCUT2D eigenvalue weighted by atomic mass is 16.5. The van der Waals surface area contributed by atoms with Gasteiger partial charge in [-0.05, 0) is 43.4 Å². The second kappa shape index (κ2) is 10.5. The van der Waals surface area contributed by atoms with E-state index in [2.05, 4.69) is 17.6 Å². The first kappa shape index (κ1) is 22.5. The number of rotatable bonds is 8. The van der Waals surface area contributed by atoms with Gasteiger partial charge >= 0.3 is 5.97 Å². The van der Waals surface area contributed by atoms with Crippen LogP contribution in [0.25, 0.3) is 0 Å². The Morgan fingerprint density at radius 2 is 1.58 bits per heavy atom. The summed E-state index contributed by atoms with van der Waals surface area (Å²) in [5.41, 5.74) is 0. The average Bonchev–Trinajstić information content (AvgIpc) is 2.62. The predicted octanol–water partition coefficient (Wildman–Crippen LogP) is 2.66. The minimum absolute atomic E-state index is 0.0212. The van der Waals surface area contributed by atoms with Gasteiger partial charge in [-0.3, -0.25) is 9.59 Å². The lowest BCUT2D eigenvalue weighted by molar-refractivity contribution is -0.147. The SMILES string of the molecule is CC[C@H](C)[C@H](NC(=O)C1CCC(C)CC1)C(=O)N[C@@H](C(=O)OC)C(C)C. The highest BCUT2D eigenvalue weighted by Gasteiger charge is 2.33. The molecular weight excluding hydrogens is 332 g/mol. The Bertz CT molecular complexity index is 484. The Balaban J connectivity index is 2.80. The maximum absolute atomic E-state index is 12.8. The molecule has 0 aromatic rings. The molecule has 26 heavy (non-hydrogen) atoms. The molecule has 0 spiro atoms. The molecular formula is C20H36N2O4. The Morgan fingerprint density at radius 1 is 1.00 bits per heavy atom. The number of hydrogen-bond donors (Lipinski definition) is 2. The van der Waals surface area contributed by atoms with Crippen molar-refractivity contribution in [3.05, 3.63) is 0 Å². The summed E-state index contributed by atoms with van der Waals surface area (Å²) < 4.78 is 4.79. The van der Waals surface area contributed by atoms with E-state index in [9.17, 15) is 14.4 Å². The van der Waals surface area contributed by atoms with Gasteiger partial charge in [-0.1, -0.05) is 41.0 Å². The number of hydrogen-bond acceptors (Lipinski definition) is 4. The largest absolute Gasteiger partial charge is 0.467 e. The number of nitrogens with one attached hydrogen (secondary N) is 2. The molecule has 150 valence electrons. The van der Waals surface area contributed by atoms with Crippen LogP contribution in [0.1, 0.15) is 66.7 Å². The van der Waals surface area contributed by atoms with E-state index in [1.165, 1.54) is 7.11 Å². The zero-order valence-electron chi connectivity index (χ0n) is 17.1. The van der Waals surface area contributed by atoms with E-state index in [0.717, 1.165) is 32.1 Å². The van der Waals surface area contributed by atoms with Gasteiger partial charge in [0.05, 0.1) is 7.11 Å². The molecule has 1 rings (SSSR count). The fraction of sp³-hybridized carbons (Fsp3) is 0.850. The Morgan fingerprint density at radius 3 is 2.04 bits per heavy atom. The van der Waals surface area contributed by atoms with E-state index in [1.54, 1.807) is 0 Å². The Hall–Kier alpha value is -1.59. The van der Waals surface area contributed by atoms with Crippen molar-refractivity contribution in [2.24, 2.45) is 23.7 Å². The first-order valence-electron chi connectivity index (χ1n) is 9.89. The van der Waals surface area contributed by atoms with Crippen LogP contribution in [0.4, 0.5) is 0 Å². The van der Waals surface area contributed by atoms with Crippen LogP contribution in [0, 0.1) is 23.7 Å². The Labute approximate surface area is 157 Å². The van der Waals surface area contributed by atoms with Gasteiger partial charge in [0.25, 0.3) is 0 Å². The van der Waals surface area contributed by atoms with Gasteiger partial charge in [-0.25, -0.2) is 4.79 Å². The van der Waals surface area contributed by atoms with Crippen LogP contribution in [0.5, 0.6) is 0 Å². The zero-order chi connectivity index (χ0) is 19.9. The van der Waals surface area contributed by atoms with Crippen LogP contribution < -0.4 is 10.6 Å². The number of methoxy groups -OCH3 is 1. The first-order valence-corrected chi connectivity index (χ1v) is 9.89. The summed E-state index contributed by atoms with van der Waals surface area (Å²) in [7, 11) is 1.31. The molecule has 2 amide bonds. The molecule has 1 aliphatic rings. The van der Waals surface area contributed by atoms with E-state index < -0.39 is 18.1 Å². The molecule has 0 saturated heterocycles. The minimum Gasteiger partial charge on any atom is -0.467 e. The smallest absolute Gasteiger partial charge is 0.328 e. The molecule has 1 saturated carbocycles. The van der Waals surface area contributed by atoms with Gasteiger partial charge in [0, 0.05) is 5.92 Å². The lowest BCUT2D eigenvalue weighted by Crippen LogP contribution is -2.56. The van der Waals surface area contributed by atoms with Crippen molar-refractivity contribution in [2.75, 3.05) is 7.11 Å². The third-order valence-corrected chi connectivity index (χ3v) is 5.60. The van der Waals surface area contributed by atoms with Crippen LogP contribution >= 0.6 is 0 Å². The molecule has 6 nitrogen and oxygen atoms in total. The van der Waals surface area contributed by atoms with Crippen molar-refractivity contribution in [3.63, 3.8) is 0 Å². The molecule has 0 aromatic carbocycles. The average molecular weight is 369 g/mol. The van der Waals surface area contributed by atoms with E-state index in [0.29, 0.717) is 5.92 Å². The maximum Gasteiger partial charge on any atom is 0.328 e. The standard InChI is InChI=1S/C20H36N2O4/c1-7-14(5)17(19(24)21-16(12(2)3)20(25)26-6)22-18(23)15-10-8-13(4)9-11-15/h12-17H,7-11H2,1-6H3,(H,21,24)(H,22,23)/t13?,14-,15?,16+,17-/m0/s1. The second-order valence-electron chi connectivity index (χ2n) is 8.08. The lowest BCUT2D eigenvalue weighted by atomic mass is 9.82. The molecule has 0 heterocycles. The maximum atomic E-state index is 12.8. The fourth-order valence-electron chi connectivity index (χ4n) is 3.36. The van der Waals surface area contributed by atoms with Crippen LogP contribution in [0.2, 0.25) is 0 Å². The van der Waals surface area contributed by atoms with Gasteiger partial charge in [-0.15, -0.1) is 0 Å². The van der Waals surface area contributed by atoms with Gasteiger partial charge in [0.1, 0.15) is 12.1 Å². The van der Waals surface area contributed by atoms with Crippen molar-refractivity contribution < 1.29 is 19.1 Å². The number of carbonyl (C=O) groups is 3. The zero-order valence-corrected chi connectivity index (χ0v) is 17.1. The summed E-state index contributed by atoms with van der Waals surface area (Å²) in [4.78, 5) is 37.4. The van der Waals surface area contributed by atoms with Crippen LogP contribution in [-0.4, -0.2) is 37.0 Å². The van der Waals surface area contributed by atoms with E-state index in [-0.39, 0.29) is 29.6 Å². The Kier molecular flexibility index (Phi) is 9.09. The number of amides is 2. The summed E-state index contributed by atoms with van der Waals surface area (Å²) in [5.74, 6) is -0.306. The first-order chi connectivity index (χ1) is 12.2. The van der Waals surface area contributed by atoms with Gasteiger partial charge in [0.2, 0.25) is 11.8 Å². The van der Waals surface area contributed by atoms with Gasteiger partial charge in [0.15, 0.2) is 0 Å².